The molecule has 3 aliphatic heterocycles. The van der Waals surface area contributed by atoms with Gasteiger partial charge in [-0.25, -0.2) is 14.5 Å². The highest BCUT2D eigenvalue weighted by molar-refractivity contribution is 6.76. The topological polar surface area (TPSA) is 89.3 Å². The molecule has 0 aliphatic carbocycles. The second-order valence-electron chi connectivity index (χ2n) is 11.2. The van der Waals surface area contributed by atoms with Gasteiger partial charge in [-0.15, -0.1) is 0 Å². The molecule has 194 valence electrons. The minimum absolute atomic E-state index is 0.241. The Hall–Kier alpha value is -2.91. The molecule has 8 nitrogen and oxygen atoms in total. The maximum Gasteiger partial charge on any atom is 0.407 e. The van der Waals surface area contributed by atoms with Crippen LogP contribution in [0.15, 0.2) is 18.2 Å². The summed E-state index contributed by atoms with van der Waals surface area (Å²) < 4.78 is 52.0. The lowest BCUT2D eigenvalue weighted by molar-refractivity contribution is -0.137. The molecule has 0 spiro atoms. The second-order valence-corrected chi connectivity index (χ2v) is 16.8. The predicted octanol–water partition coefficient (Wildman–Crippen LogP) is 4.75. The van der Waals surface area contributed by atoms with Crippen LogP contribution in [0.5, 0.6) is 0 Å². The summed E-state index contributed by atoms with van der Waals surface area (Å²) in [5.74, 6) is -3.26. The number of ether oxygens (including phenoxy) is 2. The Labute approximate surface area is 207 Å². The average molecular weight is 524 g/mol. The van der Waals surface area contributed by atoms with Crippen LogP contribution in [0.2, 0.25) is 25.7 Å². The Kier molecular flexibility index (Phi) is 6.04. The first-order valence-corrected chi connectivity index (χ1v) is 15.3. The molecule has 2 bridgehead atoms. The lowest BCUT2D eigenvalue weighted by Crippen LogP contribution is -2.56. The first-order chi connectivity index (χ1) is 16.5. The van der Waals surface area contributed by atoms with Crippen molar-refractivity contribution in [2.24, 2.45) is 11.8 Å². The third kappa shape index (κ3) is 4.18. The van der Waals surface area contributed by atoms with Crippen molar-refractivity contribution in [1.29, 1.82) is 0 Å². The number of rotatable bonds is 5. The van der Waals surface area contributed by atoms with Gasteiger partial charge < -0.3 is 14.8 Å². The summed E-state index contributed by atoms with van der Waals surface area (Å²) in [6.45, 7) is 17.0. The fraction of sp³-hybridized carbons (Fsp3) is 0.583. The molecule has 1 N–H and O–H groups in total. The van der Waals surface area contributed by atoms with E-state index in [0.717, 1.165) is 17.0 Å². The van der Waals surface area contributed by atoms with Crippen molar-refractivity contribution in [3.05, 3.63) is 35.2 Å². The van der Waals surface area contributed by atoms with E-state index in [-0.39, 0.29) is 18.7 Å². The summed E-state index contributed by atoms with van der Waals surface area (Å²) in [4.78, 5) is 43.0. The minimum Gasteiger partial charge on any atom is -0.450 e. The number of carbonyl (C=O) groups excluding carboxylic acids is 3. The number of nitrogens with one attached hydrogen (secondary N) is 1. The first-order valence-electron chi connectivity index (χ1n) is 11.6. The molecule has 1 aromatic rings. The van der Waals surface area contributed by atoms with Gasteiger partial charge in [-0.3, -0.25) is 9.59 Å². The zero-order valence-electron chi connectivity index (χ0n) is 20.7. The fourth-order valence-electron chi connectivity index (χ4n) is 5.63. The largest absolute Gasteiger partial charge is 0.450 e. The van der Waals surface area contributed by atoms with E-state index in [0.29, 0.717) is 6.07 Å². The standard InChI is InChI=1S/C24H28F3N3O5Si/c1-22-12-16(29-21(33)34-9-10-36(4,5)6)23(2,35-22)18-17(22)19(31)30(20(18)32)13-7-8-15(28-3)14(11-13)24(25,26)27/h7-8,11,16-18H,9-10,12H2,1-2,4-6H3,(H,29,33)/t16-,17-,18+,22?,23?/m0/s1. The smallest absolute Gasteiger partial charge is 0.407 e. The van der Waals surface area contributed by atoms with Crippen LogP contribution in [0.3, 0.4) is 0 Å². The molecular weight excluding hydrogens is 495 g/mol. The maximum absolute atomic E-state index is 13.5. The van der Waals surface area contributed by atoms with Gasteiger partial charge in [0.05, 0.1) is 47.8 Å². The number of imide groups is 1. The van der Waals surface area contributed by atoms with Gasteiger partial charge in [-0.2, -0.15) is 13.2 Å². The van der Waals surface area contributed by atoms with E-state index in [9.17, 15) is 27.6 Å². The van der Waals surface area contributed by atoms with Crippen molar-refractivity contribution in [3.8, 4) is 0 Å². The van der Waals surface area contributed by atoms with Crippen molar-refractivity contribution in [2.45, 2.75) is 69.4 Å². The highest BCUT2D eigenvalue weighted by Crippen LogP contribution is 2.61. The Balaban J connectivity index is 1.59. The Morgan fingerprint density at radius 2 is 1.89 bits per heavy atom. The number of anilines is 1. The van der Waals surface area contributed by atoms with Crippen LogP contribution in [0.25, 0.3) is 4.85 Å². The summed E-state index contributed by atoms with van der Waals surface area (Å²) in [7, 11) is -1.41. The van der Waals surface area contributed by atoms with Crippen molar-refractivity contribution < 1.29 is 37.0 Å². The fourth-order valence-corrected chi connectivity index (χ4v) is 6.34. The Morgan fingerprint density at radius 3 is 2.47 bits per heavy atom. The molecule has 3 fully saturated rings. The van der Waals surface area contributed by atoms with Crippen molar-refractivity contribution in [1.82, 2.24) is 5.32 Å². The molecule has 3 amide bonds. The van der Waals surface area contributed by atoms with Gasteiger partial charge in [0, 0.05) is 20.2 Å². The molecule has 3 heterocycles. The summed E-state index contributed by atoms with van der Waals surface area (Å²) in [6, 6.07) is 2.93. The number of alkyl carbamates (subject to hydrolysis) is 1. The Bertz CT molecular complexity index is 1180. The number of benzene rings is 1. The van der Waals surface area contributed by atoms with E-state index >= 15 is 0 Å². The monoisotopic (exact) mass is 523 g/mol. The molecule has 36 heavy (non-hydrogen) atoms. The van der Waals surface area contributed by atoms with Crippen molar-refractivity contribution in [2.75, 3.05) is 11.5 Å². The highest BCUT2D eigenvalue weighted by Gasteiger charge is 2.76. The number of amides is 3. The molecule has 4 rings (SSSR count). The quantitative estimate of drug-likeness (QED) is 0.342. The molecule has 3 aliphatic rings. The van der Waals surface area contributed by atoms with Gasteiger partial charge in [-0.05, 0) is 32.0 Å². The van der Waals surface area contributed by atoms with Crippen LogP contribution < -0.4 is 10.2 Å². The molecule has 0 aromatic heterocycles. The van der Waals surface area contributed by atoms with E-state index in [1.807, 2.05) is 0 Å². The first kappa shape index (κ1) is 26.2. The normalized spacial score (nSPS) is 31.4. The maximum atomic E-state index is 13.5. The second kappa shape index (κ2) is 8.31. The van der Waals surface area contributed by atoms with Crippen LogP contribution in [0.4, 0.5) is 29.3 Å². The van der Waals surface area contributed by atoms with Crippen LogP contribution >= 0.6 is 0 Å². The number of halogens is 3. The summed E-state index contributed by atoms with van der Waals surface area (Å²) in [6.07, 6.45) is -5.23. The summed E-state index contributed by atoms with van der Waals surface area (Å²) >= 11 is 0. The molecule has 12 heteroatoms. The zero-order chi connectivity index (χ0) is 26.8. The van der Waals surface area contributed by atoms with Crippen LogP contribution in [-0.4, -0.2) is 49.8 Å². The van der Waals surface area contributed by atoms with Gasteiger partial charge in [0.15, 0.2) is 5.69 Å². The third-order valence-electron chi connectivity index (χ3n) is 7.38. The van der Waals surface area contributed by atoms with Crippen molar-refractivity contribution >= 4 is 37.4 Å². The lowest BCUT2D eigenvalue weighted by atomic mass is 9.66. The SMILES string of the molecule is [C-]#[N+]c1ccc(N2C(=O)[C@@H]3[C@H](C2=O)C2(C)OC3(C)C[C@@H]2NC(=O)OCC[Si](C)(C)C)cc1C(F)(F)F. The number of fused-ring (bicyclic) bond motifs is 5. The van der Waals surface area contributed by atoms with Crippen LogP contribution in [0.1, 0.15) is 25.8 Å². The van der Waals surface area contributed by atoms with E-state index in [2.05, 4.69) is 29.8 Å². The molecule has 1 aromatic carbocycles. The predicted molar refractivity (Wildman–Crippen MR) is 126 cm³/mol. The number of alkyl halides is 3. The molecule has 5 atom stereocenters. The van der Waals surface area contributed by atoms with E-state index < -0.39 is 72.5 Å². The molecule has 2 unspecified atom stereocenters. The van der Waals surface area contributed by atoms with Gasteiger partial charge in [0.25, 0.3) is 0 Å². The van der Waals surface area contributed by atoms with E-state index in [4.69, 9.17) is 16.0 Å². The number of nitrogens with zero attached hydrogens (tertiary/aromatic N) is 2. The van der Waals surface area contributed by atoms with Gasteiger partial charge in [-0.1, -0.05) is 25.7 Å². The zero-order valence-corrected chi connectivity index (χ0v) is 21.7. The number of hydrogen-bond acceptors (Lipinski definition) is 5. The van der Waals surface area contributed by atoms with E-state index in [1.54, 1.807) is 13.8 Å². The summed E-state index contributed by atoms with van der Waals surface area (Å²) in [5, 5.41) is 2.77. The van der Waals surface area contributed by atoms with Crippen LogP contribution in [0, 0.1) is 18.4 Å². The van der Waals surface area contributed by atoms with Gasteiger partial charge in [0.2, 0.25) is 11.8 Å². The minimum atomic E-state index is -4.83. The van der Waals surface area contributed by atoms with Gasteiger partial charge in [0.1, 0.15) is 0 Å². The summed E-state index contributed by atoms with van der Waals surface area (Å²) in [5.41, 5.74) is -4.43. The molecular formula is C24H28F3N3O5Si. The Morgan fingerprint density at radius 1 is 1.25 bits per heavy atom. The average Bonchev–Trinajstić information content (AvgIpc) is 3.26. The van der Waals surface area contributed by atoms with Crippen molar-refractivity contribution in [3.63, 3.8) is 0 Å². The molecule has 0 saturated carbocycles. The number of carbonyl (C=O) groups is 3. The number of hydrogen-bond donors (Lipinski definition) is 1. The highest BCUT2D eigenvalue weighted by atomic mass is 28.3. The van der Waals surface area contributed by atoms with Gasteiger partial charge >= 0.3 is 12.3 Å². The van der Waals surface area contributed by atoms with E-state index in [1.165, 1.54) is 6.07 Å². The lowest BCUT2D eigenvalue weighted by Gasteiger charge is -2.35. The third-order valence-corrected chi connectivity index (χ3v) is 9.08. The molecule has 0 radical (unpaired) electrons. The van der Waals surface area contributed by atoms with Crippen LogP contribution in [-0.2, 0) is 25.2 Å². The molecule has 3 saturated heterocycles.